The predicted octanol–water partition coefficient (Wildman–Crippen LogP) is 2.97. The van der Waals surface area contributed by atoms with Gasteiger partial charge in [-0.05, 0) is 31.7 Å². The summed E-state index contributed by atoms with van der Waals surface area (Å²) in [5, 5.41) is 3.66. The van der Waals surface area contributed by atoms with Crippen LogP contribution in [0.25, 0.3) is 0 Å². The van der Waals surface area contributed by atoms with Gasteiger partial charge in [0.05, 0.1) is 6.61 Å². The zero-order valence-electron chi connectivity index (χ0n) is 10.4. The van der Waals surface area contributed by atoms with Crippen molar-refractivity contribution in [2.24, 2.45) is 5.92 Å². The molecule has 15 heavy (non-hydrogen) atoms. The van der Waals surface area contributed by atoms with Gasteiger partial charge in [-0.1, -0.05) is 33.1 Å². The molecule has 0 amide bonds. The maximum absolute atomic E-state index is 5.47. The fourth-order valence-corrected chi connectivity index (χ4v) is 2.18. The molecule has 1 saturated heterocycles. The molecule has 1 N–H and O–H groups in total. The summed E-state index contributed by atoms with van der Waals surface area (Å²) in [6.07, 6.45) is 7.91. The van der Waals surface area contributed by atoms with E-state index in [0.717, 1.165) is 19.1 Å². The molecule has 2 heteroatoms. The Labute approximate surface area is 94.8 Å². The van der Waals surface area contributed by atoms with Crippen molar-refractivity contribution in [3.8, 4) is 0 Å². The molecule has 90 valence electrons. The SMILES string of the molecule is CCCCC(CC)CNC1CCCOC1. The molecule has 1 aliphatic rings. The number of ether oxygens (including phenoxy) is 1. The second-order valence-corrected chi connectivity index (χ2v) is 4.74. The Hall–Kier alpha value is -0.0800. The van der Waals surface area contributed by atoms with E-state index >= 15 is 0 Å². The normalized spacial score (nSPS) is 24.0. The highest BCUT2D eigenvalue weighted by molar-refractivity contribution is 4.72. The molecule has 0 aromatic carbocycles. The summed E-state index contributed by atoms with van der Waals surface area (Å²) in [7, 11) is 0. The van der Waals surface area contributed by atoms with Crippen molar-refractivity contribution < 1.29 is 4.74 Å². The van der Waals surface area contributed by atoms with Crippen LogP contribution in [0.2, 0.25) is 0 Å². The molecule has 0 aromatic heterocycles. The molecule has 0 aromatic rings. The van der Waals surface area contributed by atoms with E-state index in [1.807, 2.05) is 0 Å². The Kier molecular flexibility index (Phi) is 7.03. The van der Waals surface area contributed by atoms with E-state index in [9.17, 15) is 0 Å². The minimum atomic E-state index is 0.620. The fourth-order valence-electron chi connectivity index (χ4n) is 2.18. The van der Waals surface area contributed by atoms with Gasteiger partial charge in [0.15, 0.2) is 0 Å². The van der Waals surface area contributed by atoms with E-state index in [1.165, 1.54) is 45.1 Å². The summed E-state index contributed by atoms with van der Waals surface area (Å²) in [5.41, 5.74) is 0. The Morgan fingerprint density at radius 1 is 1.40 bits per heavy atom. The summed E-state index contributed by atoms with van der Waals surface area (Å²) < 4.78 is 5.47. The van der Waals surface area contributed by atoms with Crippen LogP contribution < -0.4 is 5.32 Å². The van der Waals surface area contributed by atoms with Crippen molar-refractivity contribution in [3.05, 3.63) is 0 Å². The van der Waals surface area contributed by atoms with Crippen molar-refractivity contribution in [2.45, 2.75) is 58.4 Å². The summed E-state index contributed by atoms with van der Waals surface area (Å²) >= 11 is 0. The van der Waals surface area contributed by atoms with Crippen LogP contribution in [0, 0.1) is 5.92 Å². The standard InChI is InChI=1S/C13H27NO/c1-3-5-7-12(4-2)10-14-13-8-6-9-15-11-13/h12-14H,3-11H2,1-2H3. The molecule has 0 spiro atoms. The summed E-state index contributed by atoms with van der Waals surface area (Å²) in [6, 6.07) is 0.620. The Bertz CT molecular complexity index is 143. The van der Waals surface area contributed by atoms with Crippen LogP contribution in [-0.4, -0.2) is 25.8 Å². The van der Waals surface area contributed by atoms with Crippen molar-refractivity contribution >= 4 is 0 Å². The molecular formula is C13H27NO. The lowest BCUT2D eigenvalue weighted by Crippen LogP contribution is -2.39. The lowest BCUT2D eigenvalue weighted by Gasteiger charge is -2.25. The number of hydrogen-bond acceptors (Lipinski definition) is 2. The largest absolute Gasteiger partial charge is 0.380 e. The first kappa shape index (κ1) is 13.0. The van der Waals surface area contributed by atoms with Gasteiger partial charge in [-0.2, -0.15) is 0 Å². The van der Waals surface area contributed by atoms with Gasteiger partial charge >= 0.3 is 0 Å². The zero-order valence-corrected chi connectivity index (χ0v) is 10.4. The minimum absolute atomic E-state index is 0.620. The highest BCUT2D eigenvalue weighted by Crippen LogP contribution is 2.13. The van der Waals surface area contributed by atoms with E-state index in [4.69, 9.17) is 4.74 Å². The van der Waals surface area contributed by atoms with E-state index in [0.29, 0.717) is 6.04 Å². The molecule has 2 nitrogen and oxygen atoms in total. The van der Waals surface area contributed by atoms with Crippen LogP contribution in [0.1, 0.15) is 52.4 Å². The van der Waals surface area contributed by atoms with Crippen molar-refractivity contribution in [2.75, 3.05) is 19.8 Å². The van der Waals surface area contributed by atoms with Gasteiger partial charge in [-0.3, -0.25) is 0 Å². The Morgan fingerprint density at radius 3 is 2.87 bits per heavy atom. The highest BCUT2D eigenvalue weighted by Gasteiger charge is 2.14. The molecule has 1 fully saturated rings. The molecule has 2 unspecified atom stereocenters. The molecule has 0 bridgehead atoms. The fraction of sp³-hybridized carbons (Fsp3) is 1.00. The van der Waals surface area contributed by atoms with Crippen molar-refractivity contribution in [1.29, 1.82) is 0 Å². The summed E-state index contributed by atoms with van der Waals surface area (Å²) in [6.45, 7) is 7.65. The monoisotopic (exact) mass is 213 g/mol. The van der Waals surface area contributed by atoms with Crippen molar-refractivity contribution in [3.63, 3.8) is 0 Å². The number of unbranched alkanes of at least 4 members (excludes halogenated alkanes) is 1. The predicted molar refractivity (Wildman–Crippen MR) is 65.1 cm³/mol. The Morgan fingerprint density at radius 2 is 2.27 bits per heavy atom. The molecular weight excluding hydrogens is 186 g/mol. The van der Waals surface area contributed by atoms with E-state index in [-0.39, 0.29) is 0 Å². The summed E-state index contributed by atoms with van der Waals surface area (Å²) in [4.78, 5) is 0. The molecule has 0 radical (unpaired) electrons. The molecule has 0 aliphatic carbocycles. The molecule has 1 rings (SSSR count). The van der Waals surface area contributed by atoms with Crippen LogP contribution >= 0.6 is 0 Å². The third kappa shape index (κ3) is 5.53. The number of hydrogen-bond donors (Lipinski definition) is 1. The van der Waals surface area contributed by atoms with Crippen molar-refractivity contribution in [1.82, 2.24) is 5.32 Å². The van der Waals surface area contributed by atoms with E-state index in [2.05, 4.69) is 19.2 Å². The number of nitrogens with one attached hydrogen (secondary N) is 1. The lowest BCUT2D eigenvalue weighted by atomic mass is 9.98. The van der Waals surface area contributed by atoms with Gasteiger partial charge < -0.3 is 10.1 Å². The molecule has 0 saturated carbocycles. The third-order valence-electron chi connectivity index (χ3n) is 3.40. The molecule has 1 aliphatic heterocycles. The maximum Gasteiger partial charge on any atom is 0.0619 e. The molecule has 2 atom stereocenters. The molecule has 1 heterocycles. The number of rotatable bonds is 7. The maximum atomic E-state index is 5.47. The zero-order chi connectivity index (χ0) is 10.9. The second-order valence-electron chi connectivity index (χ2n) is 4.74. The van der Waals surface area contributed by atoms with Gasteiger partial charge in [0.2, 0.25) is 0 Å². The second kappa shape index (κ2) is 8.12. The van der Waals surface area contributed by atoms with E-state index in [1.54, 1.807) is 0 Å². The van der Waals surface area contributed by atoms with Crippen LogP contribution in [0.4, 0.5) is 0 Å². The topological polar surface area (TPSA) is 21.3 Å². The van der Waals surface area contributed by atoms with Crippen LogP contribution in [0.15, 0.2) is 0 Å². The first-order valence-electron chi connectivity index (χ1n) is 6.68. The highest BCUT2D eigenvalue weighted by atomic mass is 16.5. The third-order valence-corrected chi connectivity index (χ3v) is 3.40. The lowest BCUT2D eigenvalue weighted by molar-refractivity contribution is 0.0688. The first-order chi connectivity index (χ1) is 7.36. The average Bonchev–Trinajstić information content (AvgIpc) is 2.31. The summed E-state index contributed by atoms with van der Waals surface area (Å²) in [5.74, 6) is 0.867. The van der Waals surface area contributed by atoms with Gasteiger partial charge in [0, 0.05) is 12.6 Å². The van der Waals surface area contributed by atoms with E-state index < -0.39 is 0 Å². The Balaban J connectivity index is 2.09. The average molecular weight is 213 g/mol. The van der Waals surface area contributed by atoms with Crippen LogP contribution in [0.3, 0.4) is 0 Å². The van der Waals surface area contributed by atoms with Crippen LogP contribution in [-0.2, 0) is 4.74 Å². The first-order valence-corrected chi connectivity index (χ1v) is 6.68. The van der Waals surface area contributed by atoms with Gasteiger partial charge in [-0.25, -0.2) is 0 Å². The van der Waals surface area contributed by atoms with Crippen LogP contribution in [0.5, 0.6) is 0 Å². The van der Waals surface area contributed by atoms with Gasteiger partial charge in [0.1, 0.15) is 0 Å². The quantitative estimate of drug-likeness (QED) is 0.702. The van der Waals surface area contributed by atoms with Gasteiger partial charge in [-0.15, -0.1) is 0 Å². The minimum Gasteiger partial charge on any atom is -0.380 e. The van der Waals surface area contributed by atoms with Gasteiger partial charge in [0.25, 0.3) is 0 Å². The smallest absolute Gasteiger partial charge is 0.0619 e.